The van der Waals surface area contributed by atoms with Gasteiger partial charge in [-0.1, -0.05) is 15.9 Å². The number of carbonyl (C=O) groups is 4. The lowest BCUT2D eigenvalue weighted by Gasteiger charge is -2.55. The van der Waals surface area contributed by atoms with E-state index in [2.05, 4.69) is 21.2 Å². The summed E-state index contributed by atoms with van der Waals surface area (Å²) in [5.41, 5.74) is -1.79. The first kappa shape index (κ1) is 43.6. The van der Waals surface area contributed by atoms with Crippen LogP contribution in [0.1, 0.15) is 87.5 Å². The third-order valence-corrected chi connectivity index (χ3v) is 11.3. The number of nitrogens with one attached hydrogen (secondary N) is 1. The molecule has 3 heterocycles. The number of halogens is 1. The second-order valence-electron chi connectivity index (χ2n) is 16.6. The topological polar surface area (TPSA) is 185 Å². The molecule has 0 radical (unpaired) electrons. The van der Waals surface area contributed by atoms with Gasteiger partial charge in [-0.15, -0.1) is 0 Å². The first-order valence-electron chi connectivity index (χ1n) is 18.9. The molecule has 2 fully saturated rings. The Hall–Kier alpha value is -3.94. The molecule has 3 unspecified atom stereocenters. The number of fused-ring (bicyclic) bond motifs is 6. The zero-order valence-electron chi connectivity index (χ0n) is 35.0. The number of hydrogen-bond donors (Lipinski definition) is 1. The lowest BCUT2D eigenvalue weighted by atomic mass is 9.76. The number of ether oxygens (including phenoxy) is 11. The average Bonchev–Trinajstić information content (AvgIpc) is 3.64. The van der Waals surface area contributed by atoms with Gasteiger partial charge < -0.3 is 62.3 Å². The van der Waals surface area contributed by atoms with Crippen molar-refractivity contribution in [2.75, 3.05) is 53.9 Å². The second kappa shape index (κ2) is 15.6. The summed E-state index contributed by atoms with van der Waals surface area (Å²) in [5.74, 6) is -3.88. The number of rotatable bonds is 11. The SMILES string of the molecule is COc1c2c(c(OC(=O)OC(C)(C)C)c3c4c(c(C)cc13)C1OC3(C(OC)OC)OC1[C@@](OC)(O4)[C@]3(CBr)OC(=O)NCCN(C)C(=O)OC(C)(C)C)C(=O)CCC2. The number of carbonyl (C=O) groups excluding carboxylic acids is 4. The van der Waals surface area contributed by atoms with E-state index in [-0.39, 0.29) is 53.1 Å². The molecule has 2 bridgehead atoms. The maximum atomic E-state index is 13.9. The lowest BCUT2D eigenvalue weighted by Crippen LogP contribution is -2.78. The van der Waals surface area contributed by atoms with Crippen molar-refractivity contribution in [2.24, 2.45) is 0 Å². The molecule has 1 aliphatic carbocycles. The molecule has 5 atom stereocenters. The van der Waals surface area contributed by atoms with Crippen LogP contribution in [0.3, 0.4) is 0 Å². The summed E-state index contributed by atoms with van der Waals surface area (Å²) >= 11 is 3.57. The summed E-state index contributed by atoms with van der Waals surface area (Å²) in [4.78, 5) is 55.2. The molecule has 17 nitrogen and oxygen atoms in total. The third kappa shape index (κ3) is 6.92. The molecule has 6 rings (SSSR count). The van der Waals surface area contributed by atoms with Crippen molar-refractivity contribution in [1.82, 2.24) is 10.2 Å². The van der Waals surface area contributed by atoms with Crippen molar-refractivity contribution < 1.29 is 71.3 Å². The lowest BCUT2D eigenvalue weighted by molar-refractivity contribution is -0.388. The van der Waals surface area contributed by atoms with Crippen LogP contribution < -0.4 is 19.5 Å². The summed E-state index contributed by atoms with van der Waals surface area (Å²) in [5, 5.41) is 3.14. The fraction of sp³-hybridized carbons (Fsp3) is 0.650. The molecule has 0 saturated carbocycles. The average molecular weight is 882 g/mol. The first-order chi connectivity index (χ1) is 27.2. The van der Waals surface area contributed by atoms with Crippen LogP contribution in [0.2, 0.25) is 0 Å². The van der Waals surface area contributed by atoms with Crippen LogP contribution in [0.4, 0.5) is 14.4 Å². The van der Waals surface area contributed by atoms with Gasteiger partial charge in [-0.25, -0.2) is 14.4 Å². The smallest absolute Gasteiger partial charge is 0.496 e. The number of aryl methyl sites for hydroxylation is 1. The number of methoxy groups -OCH3 is 4. The number of ketones is 1. The summed E-state index contributed by atoms with van der Waals surface area (Å²) in [6, 6.07) is 1.85. The Morgan fingerprint density at radius 1 is 1.00 bits per heavy atom. The maximum Gasteiger partial charge on any atom is 0.514 e. The van der Waals surface area contributed by atoms with Crippen LogP contribution in [-0.2, 0) is 44.3 Å². The Balaban J connectivity index is 1.52. The van der Waals surface area contributed by atoms with E-state index in [1.165, 1.54) is 40.4 Å². The van der Waals surface area contributed by atoms with E-state index in [0.717, 1.165) is 0 Å². The molecule has 2 aromatic carbocycles. The fourth-order valence-corrected chi connectivity index (χ4v) is 9.18. The number of amides is 2. The van der Waals surface area contributed by atoms with Gasteiger partial charge in [0, 0.05) is 64.4 Å². The highest BCUT2D eigenvalue weighted by Gasteiger charge is 2.89. The molecule has 0 aromatic heterocycles. The van der Waals surface area contributed by atoms with Crippen molar-refractivity contribution in [3.8, 4) is 17.2 Å². The molecule has 1 N–H and O–H groups in total. The molecule has 2 amide bonds. The number of hydrogen-bond acceptors (Lipinski definition) is 15. The van der Waals surface area contributed by atoms with Crippen LogP contribution in [-0.4, -0.2) is 124 Å². The van der Waals surface area contributed by atoms with Crippen molar-refractivity contribution >= 4 is 50.8 Å². The van der Waals surface area contributed by atoms with Gasteiger partial charge in [0.15, 0.2) is 17.6 Å². The monoisotopic (exact) mass is 880 g/mol. The van der Waals surface area contributed by atoms with E-state index >= 15 is 0 Å². The van der Waals surface area contributed by atoms with Crippen LogP contribution in [0.15, 0.2) is 6.07 Å². The van der Waals surface area contributed by atoms with E-state index in [1.807, 2.05) is 13.0 Å². The Kier molecular flexibility index (Phi) is 11.7. The number of nitrogens with zero attached hydrogens (tertiary/aromatic N) is 1. The molecule has 3 aliphatic heterocycles. The van der Waals surface area contributed by atoms with Gasteiger partial charge in [-0.05, 0) is 72.9 Å². The predicted molar refractivity (Wildman–Crippen MR) is 209 cm³/mol. The molecule has 320 valence electrons. The van der Waals surface area contributed by atoms with Gasteiger partial charge in [0.2, 0.25) is 11.9 Å². The van der Waals surface area contributed by atoms with E-state index in [1.54, 1.807) is 41.5 Å². The Morgan fingerprint density at radius 3 is 2.26 bits per heavy atom. The summed E-state index contributed by atoms with van der Waals surface area (Å²) in [6.07, 6.45) is -4.73. The van der Waals surface area contributed by atoms with E-state index in [0.29, 0.717) is 40.7 Å². The van der Waals surface area contributed by atoms with E-state index in [4.69, 9.17) is 52.1 Å². The highest BCUT2D eigenvalue weighted by atomic mass is 79.9. The van der Waals surface area contributed by atoms with Crippen molar-refractivity contribution in [2.45, 2.75) is 115 Å². The summed E-state index contributed by atoms with van der Waals surface area (Å²) in [7, 11) is 7.16. The Labute approximate surface area is 345 Å². The van der Waals surface area contributed by atoms with Gasteiger partial charge in [-0.2, -0.15) is 0 Å². The van der Waals surface area contributed by atoms with Gasteiger partial charge >= 0.3 is 18.3 Å². The van der Waals surface area contributed by atoms with E-state index in [9.17, 15) is 19.2 Å². The predicted octanol–water partition coefficient (Wildman–Crippen LogP) is 6.24. The number of likely N-dealkylation sites (N-methyl/N-ethyl adjacent to an activating group) is 1. The van der Waals surface area contributed by atoms with Gasteiger partial charge in [0.25, 0.3) is 11.6 Å². The van der Waals surface area contributed by atoms with Crippen LogP contribution in [0, 0.1) is 6.92 Å². The third-order valence-electron chi connectivity index (χ3n) is 10.5. The maximum absolute atomic E-state index is 13.9. The zero-order chi connectivity index (χ0) is 42.7. The fourth-order valence-electron chi connectivity index (χ4n) is 8.29. The molecule has 2 aromatic rings. The Morgan fingerprint density at radius 2 is 1.67 bits per heavy atom. The van der Waals surface area contributed by atoms with Gasteiger partial charge in [-0.3, -0.25) is 4.79 Å². The van der Waals surface area contributed by atoms with E-state index < -0.39 is 65.2 Å². The molecule has 18 heteroatoms. The summed E-state index contributed by atoms with van der Waals surface area (Å²) < 4.78 is 68.0. The Bertz CT molecular complexity index is 1990. The highest BCUT2D eigenvalue weighted by molar-refractivity contribution is 9.09. The molecule has 58 heavy (non-hydrogen) atoms. The van der Waals surface area contributed by atoms with Gasteiger partial charge in [0.05, 0.1) is 23.4 Å². The largest absolute Gasteiger partial charge is 0.514 e. The number of alkyl halides is 1. The molecule has 0 spiro atoms. The standard InChI is InChI=1S/C40H53BrN2O15/c1-20-18-22-26(28(52-35(47)58-37(5,6)7)25-21(27(22)48-9)14-13-15-23(25)44)29-24(20)30-31-39(51-12,53-29)38(19-41,40(54-30,55-31)32(49-10)50-11)56-33(45)42-16-17-43(8)34(46)57-36(2,3)4/h18,30-32H,13-17,19H2,1-12H3,(H,42,45)/t30?,31?,38-,39+,40?/m0/s1. The highest BCUT2D eigenvalue weighted by Crippen LogP contribution is 2.69. The molecular weight excluding hydrogens is 828 g/mol. The minimum Gasteiger partial charge on any atom is -0.496 e. The van der Waals surface area contributed by atoms with Crippen molar-refractivity contribution in [3.05, 3.63) is 28.3 Å². The number of benzene rings is 2. The summed E-state index contributed by atoms with van der Waals surface area (Å²) in [6.45, 7) is 12.2. The minimum absolute atomic E-state index is 0.0382. The molecular formula is C40H53BrN2O15. The number of Topliss-reactive ketones (excluding diaryl/α,β-unsaturated/α-hetero) is 1. The molecule has 4 aliphatic rings. The van der Waals surface area contributed by atoms with Gasteiger partial charge in [0.1, 0.15) is 28.8 Å². The van der Waals surface area contributed by atoms with Crippen molar-refractivity contribution in [3.63, 3.8) is 0 Å². The quantitative estimate of drug-likeness (QED) is 0.0879. The van der Waals surface area contributed by atoms with Crippen molar-refractivity contribution in [1.29, 1.82) is 0 Å². The normalized spacial score (nSPS) is 25.8. The second-order valence-corrected chi connectivity index (χ2v) is 17.2. The zero-order valence-corrected chi connectivity index (χ0v) is 36.6. The molecule has 2 saturated heterocycles. The minimum atomic E-state index is -2.05. The van der Waals surface area contributed by atoms with Crippen LogP contribution >= 0.6 is 15.9 Å². The van der Waals surface area contributed by atoms with Crippen LogP contribution in [0.5, 0.6) is 17.2 Å². The van der Waals surface area contributed by atoms with Crippen LogP contribution in [0.25, 0.3) is 10.8 Å². The first-order valence-corrected chi connectivity index (χ1v) is 20.1. The number of alkyl carbamates (subject to hydrolysis) is 1.